The molecule has 0 atom stereocenters. The Morgan fingerprint density at radius 3 is 2.76 bits per heavy atom. The lowest BCUT2D eigenvalue weighted by atomic mass is 9.91. The number of hydrogen-bond acceptors (Lipinski definition) is 3. The predicted octanol–water partition coefficient (Wildman–Crippen LogP) is 4.31. The quantitative estimate of drug-likeness (QED) is 0.760. The number of benzene rings is 1. The summed E-state index contributed by atoms with van der Waals surface area (Å²) in [5, 5.41) is 1.06. The van der Waals surface area contributed by atoms with Crippen molar-refractivity contribution in [1.82, 2.24) is 0 Å². The molecular formula is C21H22N2OS. The maximum atomic E-state index is 12.7. The summed E-state index contributed by atoms with van der Waals surface area (Å²) in [5.41, 5.74) is 5.92. The Balaban J connectivity index is 1.92. The molecular weight excluding hydrogens is 328 g/mol. The van der Waals surface area contributed by atoms with Crippen molar-refractivity contribution in [2.45, 2.75) is 32.6 Å². The topological polar surface area (TPSA) is 32.7 Å². The van der Waals surface area contributed by atoms with Crippen molar-refractivity contribution in [3.05, 3.63) is 64.1 Å². The zero-order valence-electron chi connectivity index (χ0n) is 14.5. The molecule has 0 N–H and O–H groups in total. The van der Waals surface area contributed by atoms with Crippen LogP contribution in [0.25, 0.3) is 0 Å². The highest BCUT2D eigenvalue weighted by Crippen LogP contribution is 2.42. The Morgan fingerprint density at radius 1 is 1.24 bits per heavy atom. The van der Waals surface area contributed by atoms with E-state index in [4.69, 9.17) is 4.99 Å². The van der Waals surface area contributed by atoms with E-state index in [1.54, 1.807) is 17.4 Å². The summed E-state index contributed by atoms with van der Waals surface area (Å²) >= 11 is 1.78. The number of rotatable bonds is 3. The summed E-state index contributed by atoms with van der Waals surface area (Å²) in [6, 6.07) is 8.48. The van der Waals surface area contributed by atoms with E-state index >= 15 is 0 Å². The highest BCUT2D eigenvalue weighted by molar-refractivity contribution is 7.17. The van der Waals surface area contributed by atoms with Crippen LogP contribution in [0.4, 0.5) is 5.00 Å². The molecule has 0 fully saturated rings. The highest BCUT2D eigenvalue weighted by Gasteiger charge is 2.31. The van der Waals surface area contributed by atoms with E-state index in [0.29, 0.717) is 6.54 Å². The number of anilines is 1. The second-order valence-electron chi connectivity index (χ2n) is 6.71. The van der Waals surface area contributed by atoms with Crippen LogP contribution in [0.3, 0.4) is 0 Å². The molecule has 1 amide bonds. The second kappa shape index (κ2) is 6.60. The van der Waals surface area contributed by atoms with Crippen molar-refractivity contribution < 1.29 is 4.79 Å². The first-order chi connectivity index (χ1) is 12.2. The number of nitrogens with zero attached hydrogens (tertiary/aromatic N) is 2. The summed E-state index contributed by atoms with van der Waals surface area (Å²) in [6.07, 6.45) is 6.45. The summed E-state index contributed by atoms with van der Waals surface area (Å²) in [5.74, 6) is 0.0573. The van der Waals surface area contributed by atoms with Gasteiger partial charge in [0.2, 0.25) is 5.91 Å². The van der Waals surface area contributed by atoms with Crippen molar-refractivity contribution in [2.24, 2.45) is 4.99 Å². The maximum Gasteiger partial charge on any atom is 0.249 e. The van der Waals surface area contributed by atoms with Gasteiger partial charge in [-0.05, 0) is 38.2 Å². The average Bonchev–Trinajstić information content (AvgIpc) is 2.94. The molecule has 0 saturated carbocycles. The Labute approximate surface area is 152 Å². The largest absolute Gasteiger partial charge is 0.298 e. The van der Waals surface area contributed by atoms with Crippen molar-refractivity contribution in [2.75, 3.05) is 18.0 Å². The van der Waals surface area contributed by atoms with Gasteiger partial charge in [-0.3, -0.25) is 14.7 Å². The van der Waals surface area contributed by atoms with Crippen molar-refractivity contribution in [3.8, 4) is 0 Å². The van der Waals surface area contributed by atoms with Gasteiger partial charge in [0, 0.05) is 22.5 Å². The minimum Gasteiger partial charge on any atom is -0.298 e. The maximum absolute atomic E-state index is 12.7. The Hall–Kier alpha value is -2.20. The molecule has 2 heterocycles. The van der Waals surface area contributed by atoms with Gasteiger partial charge in [-0.1, -0.05) is 35.9 Å². The van der Waals surface area contributed by atoms with Crippen LogP contribution >= 0.6 is 11.3 Å². The molecule has 0 unspecified atom stereocenters. The van der Waals surface area contributed by atoms with Crippen LogP contribution in [0.15, 0.2) is 41.9 Å². The number of carbonyl (C=O) groups is 1. The summed E-state index contributed by atoms with van der Waals surface area (Å²) in [6.45, 7) is 6.67. The minimum atomic E-state index is 0.0573. The number of fused-ring (bicyclic) bond motifs is 3. The van der Waals surface area contributed by atoms with Gasteiger partial charge in [-0.15, -0.1) is 17.9 Å². The summed E-state index contributed by atoms with van der Waals surface area (Å²) in [4.78, 5) is 20.7. The third-order valence-corrected chi connectivity index (χ3v) is 6.26. The highest BCUT2D eigenvalue weighted by atomic mass is 32.1. The number of aryl methyl sites for hydroxylation is 2. The second-order valence-corrected chi connectivity index (χ2v) is 7.80. The Bertz CT molecular complexity index is 861. The van der Waals surface area contributed by atoms with E-state index in [1.165, 1.54) is 34.4 Å². The van der Waals surface area contributed by atoms with Gasteiger partial charge in [-0.25, -0.2) is 0 Å². The SMILES string of the molecule is C=CCN1C(=O)CN=C(c2ccc(C)cc2)c2c1sc1c2CCCC1. The van der Waals surface area contributed by atoms with Crippen LogP contribution in [0, 0.1) is 6.92 Å². The van der Waals surface area contributed by atoms with E-state index in [-0.39, 0.29) is 12.5 Å². The van der Waals surface area contributed by atoms with Gasteiger partial charge >= 0.3 is 0 Å². The van der Waals surface area contributed by atoms with Gasteiger partial charge < -0.3 is 0 Å². The third-order valence-electron chi connectivity index (χ3n) is 4.94. The third kappa shape index (κ3) is 2.85. The van der Waals surface area contributed by atoms with Crippen LogP contribution in [-0.4, -0.2) is 24.7 Å². The zero-order valence-corrected chi connectivity index (χ0v) is 15.4. The van der Waals surface area contributed by atoms with E-state index in [0.717, 1.165) is 29.1 Å². The first-order valence-corrected chi connectivity index (χ1v) is 9.68. The van der Waals surface area contributed by atoms with Gasteiger partial charge in [0.15, 0.2) is 0 Å². The minimum absolute atomic E-state index is 0.0573. The fourth-order valence-corrected chi connectivity index (χ4v) is 5.09. The molecule has 0 bridgehead atoms. The first kappa shape index (κ1) is 16.3. The molecule has 1 aliphatic carbocycles. The average molecular weight is 350 g/mol. The van der Waals surface area contributed by atoms with E-state index in [9.17, 15) is 4.79 Å². The molecule has 128 valence electrons. The molecule has 4 heteroatoms. The Morgan fingerprint density at radius 2 is 2.00 bits per heavy atom. The standard InChI is InChI=1S/C21H22N2OS/c1-3-12-23-18(24)13-22-20(15-10-8-14(2)9-11-15)19-16-6-4-5-7-17(16)25-21(19)23/h3,8-11H,1,4-7,12-13H2,2H3. The number of thiophene rings is 1. The zero-order chi connectivity index (χ0) is 17.4. The van der Waals surface area contributed by atoms with Crippen LogP contribution in [-0.2, 0) is 17.6 Å². The van der Waals surface area contributed by atoms with Crippen LogP contribution in [0.1, 0.15) is 40.0 Å². The molecule has 0 spiro atoms. The van der Waals surface area contributed by atoms with Gasteiger partial charge in [0.25, 0.3) is 0 Å². The first-order valence-electron chi connectivity index (χ1n) is 8.86. The van der Waals surface area contributed by atoms with Crippen LogP contribution in [0.2, 0.25) is 0 Å². The van der Waals surface area contributed by atoms with Crippen LogP contribution in [0.5, 0.6) is 0 Å². The van der Waals surface area contributed by atoms with Gasteiger partial charge in [-0.2, -0.15) is 0 Å². The predicted molar refractivity (Wildman–Crippen MR) is 105 cm³/mol. The normalized spacial score (nSPS) is 16.8. The molecule has 1 aliphatic heterocycles. The molecule has 0 radical (unpaired) electrons. The molecule has 4 rings (SSSR count). The fraction of sp³-hybridized carbons (Fsp3) is 0.333. The Kier molecular flexibility index (Phi) is 4.30. The molecule has 0 saturated heterocycles. The smallest absolute Gasteiger partial charge is 0.249 e. The van der Waals surface area contributed by atoms with Gasteiger partial charge in [0.05, 0.1) is 5.71 Å². The molecule has 1 aromatic heterocycles. The van der Waals surface area contributed by atoms with E-state index < -0.39 is 0 Å². The summed E-state index contributed by atoms with van der Waals surface area (Å²) in [7, 11) is 0. The lowest BCUT2D eigenvalue weighted by Crippen LogP contribution is -2.31. The number of amides is 1. The molecule has 25 heavy (non-hydrogen) atoms. The van der Waals surface area contributed by atoms with Crippen LogP contribution < -0.4 is 4.90 Å². The fourth-order valence-electron chi connectivity index (χ4n) is 3.67. The van der Waals surface area contributed by atoms with Crippen molar-refractivity contribution >= 4 is 28.0 Å². The molecule has 2 aliphatic rings. The lowest BCUT2D eigenvalue weighted by molar-refractivity contribution is -0.117. The lowest BCUT2D eigenvalue weighted by Gasteiger charge is -2.19. The van der Waals surface area contributed by atoms with Gasteiger partial charge in [0.1, 0.15) is 11.5 Å². The number of aliphatic imine (C=N–C) groups is 1. The molecule has 2 aromatic rings. The molecule has 3 nitrogen and oxygen atoms in total. The monoisotopic (exact) mass is 350 g/mol. The number of hydrogen-bond donors (Lipinski definition) is 0. The van der Waals surface area contributed by atoms with E-state index in [1.807, 2.05) is 4.90 Å². The molecule has 1 aromatic carbocycles. The van der Waals surface area contributed by atoms with Crippen molar-refractivity contribution in [1.29, 1.82) is 0 Å². The number of carbonyl (C=O) groups excluding carboxylic acids is 1. The summed E-state index contributed by atoms with van der Waals surface area (Å²) < 4.78 is 0. The van der Waals surface area contributed by atoms with Crippen molar-refractivity contribution in [3.63, 3.8) is 0 Å². The van der Waals surface area contributed by atoms with E-state index in [2.05, 4.69) is 37.8 Å².